The second-order valence-electron chi connectivity index (χ2n) is 6.38. The van der Waals surface area contributed by atoms with Crippen LogP contribution in [0.15, 0.2) is 6.33 Å². The predicted molar refractivity (Wildman–Crippen MR) is 70.0 cm³/mol. The van der Waals surface area contributed by atoms with Crippen LogP contribution < -0.4 is 0 Å². The van der Waals surface area contributed by atoms with E-state index in [-0.39, 0.29) is 5.41 Å². The Morgan fingerprint density at radius 2 is 1.88 bits per heavy atom. The standard InChI is InChI=1S/C14H25N3/c1-5-11-6-8-12(9-7-11)17-10-15-13(16-17)14(2,3)4/h10-12H,5-9H2,1-4H3. The summed E-state index contributed by atoms with van der Waals surface area (Å²) >= 11 is 0. The number of hydrogen-bond donors (Lipinski definition) is 0. The van der Waals surface area contributed by atoms with Gasteiger partial charge in [-0.3, -0.25) is 0 Å². The number of aromatic nitrogens is 3. The van der Waals surface area contributed by atoms with Crippen molar-refractivity contribution in [2.45, 2.75) is 71.3 Å². The Hall–Kier alpha value is -0.860. The Labute approximate surface area is 105 Å². The van der Waals surface area contributed by atoms with Gasteiger partial charge in [0.15, 0.2) is 5.82 Å². The Balaban J connectivity index is 2.02. The van der Waals surface area contributed by atoms with E-state index in [1.165, 1.54) is 32.1 Å². The lowest BCUT2D eigenvalue weighted by Crippen LogP contribution is -2.19. The van der Waals surface area contributed by atoms with Crippen LogP contribution in [0, 0.1) is 5.92 Å². The van der Waals surface area contributed by atoms with Gasteiger partial charge in [0.05, 0.1) is 6.04 Å². The molecule has 1 aromatic rings. The van der Waals surface area contributed by atoms with Gasteiger partial charge in [0, 0.05) is 5.41 Å². The molecule has 0 radical (unpaired) electrons. The summed E-state index contributed by atoms with van der Waals surface area (Å²) in [7, 11) is 0. The van der Waals surface area contributed by atoms with E-state index in [1.54, 1.807) is 0 Å². The van der Waals surface area contributed by atoms with Gasteiger partial charge in [0.25, 0.3) is 0 Å². The largest absolute Gasteiger partial charge is 0.250 e. The van der Waals surface area contributed by atoms with Crippen molar-refractivity contribution in [1.29, 1.82) is 0 Å². The van der Waals surface area contributed by atoms with E-state index < -0.39 is 0 Å². The van der Waals surface area contributed by atoms with Gasteiger partial charge in [-0.15, -0.1) is 0 Å². The lowest BCUT2D eigenvalue weighted by Gasteiger charge is -2.27. The molecule has 0 saturated heterocycles. The molecule has 3 nitrogen and oxygen atoms in total. The number of nitrogens with zero attached hydrogens (tertiary/aromatic N) is 3. The highest BCUT2D eigenvalue weighted by molar-refractivity contribution is 4.99. The molecular formula is C14H25N3. The molecule has 0 bridgehead atoms. The van der Waals surface area contributed by atoms with E-state index in [0.717, 1.165) is 11.7 Å². The summed E-state index contributed by atoms with van der Waals surface area (Å²) in [6, 6.07) is 0.585. The van der Waals surface area contributed by atoms with E-state index >= 15 is 0 Å². The van der Waals surface area contributed by atoms with Crippen LogP contribution in [0.2, 0.25) is 0 Å². The van der Waals surface area contributed by atoms with Crippen LogP contribution in [0.25, 0.3) is 0 Å². The van der Waals surface area contributed by atoms with Gasteiger partial charge in [-0.25, -0.2) is 9.67 Å². The Morgan fingerprint density at radius 3 is 2.35 bits per heavy atom. The quantitative estimate of drug-likeness (QED) is 0.782. The van der Waals surface area contributed by atoms with Gasteiger partial charge in [-0.1, -0.05) is 34.1 Å². The molecule has 17 heavy (non-hydrogen) atoms. The summed E-state index contributed by atoms with van der Waals surface area (Å²) in [5.41, 5.74) is 0.0614. The molecule has 1 heterocycles. The zero-order chi connectivity index (χ0) is 12.5. The minimum atomic E-state index is 0.0614. The van der Waals surface area contributed by atoms with E-state index in [1.807, 2.05) is 6.33 Å². The van der Waals surface area contributed by atoms with Crippen molar-refractivity contribution in [2.75, 3.05) is 0 Å². The molecular weight excluding hydrogens is 210 g/mol. The highest BCUT2D eigenvalue weighted by atomic mass is 15.3. The summed E-state index contributed by atoms with van der Waals surface area (Å²) in [5.74, 6) is 1.91. The van der Waals surface area contributed by atoms with E-state index in [4.69, 9.17) is 0 Å². The third-order valence-electron chi connectivity index (χ3n) is 3.95. The SMILES string of the molecule is CCC1CCC(n2cnc(C(C)(C)C)n2)CC1. The fourth-order valence-electron chi connectivity index (χ4n) is 2.61. The maximum atomic E-state index is 4.66. The average molecular weight is 235 g/mol. The minimum Gasteiger partial charge on any atom is -0.250 e. The van der Waals surface area contributed by atoms with E-state index in [2.05, 4.69) is 42.5 Å². The molecule has 1 saturated carbocycles. The fraction of sp³-hybridized carbons (Fsp3) is 0.857. The van der Waals surface area contributed by atoms with Crippen molar-refractivity contribution < 1.29 is 0 Å². The number of hydrogen-bond acceptors (Lipinski definition) is 2. The van der Waals surface area contributed by atoms with Crippen LogP contribution in [0.3, 0.4) is 0 Å². The maximum Gasteiger partial charge on any atom is 0.155 e. The Kier molecular flexibility index (Phi) is 3.55. The fourth-order valence-corrected chi connectivity index (χ4v) is 2.61. The van der Waals surface area contributed by atoms with Gasteiger partial charge in [-0.05, 0) is 31.6 Å². The van der Waals surface area contributed by atoms with Gasteiger partial charge < -0.3 is 0 Å². The molecule has 1 aromatic heterocycles. The molecule has 0 aliphatic heterocycles. The monoisotopic (exact) mass is 235 g/mol. The molecule has 1 aliphatic carbocycles. The summed E-state index contributed by atoms with van der Waals surface area (Å²) < 4.78 is 2.10. The van der Waals surface area contributed by atoms with Crippen molar-refractivity contribution >= 4 is 0 Å². The maximum absolute atomic E-state index is 4.66. The van der Waals surface area contributed by atoms with Crippen molar-refractivity contribution in [2.24, 2.45) is 5.92 Å². The minimum absolute atomic E-state index is 0.0614. The summed E-state index contributed by atoms with van der Waals surface area (Å²) in [6.07, 6.45) is 8.50. The lowest BCUT2D eigenvalue weighted by atomic mass is 9.85. The topological polar surface area (TPSA) is 30.7 Å². The molecule has 0 N–H and O–H groups in total. The molecule has 0 atom stereocenters. The molecule has 2 rings (SSSR count). The van der Waals surface area contributed by atoms with E-state index in [0.29, 0.717) is 6.04 Å². The first-order chi connectivity index (χ1) is 8.00. The summed E-state index contributed by atoms with van der Waals surface area (Å²) in [4.78, 5) is 4.45. The smallest absolute Gasteiger partial charge is 0.155 e. The summed E-state index contributed by atoms with van der Waals surface area (Å²) in [6.45, 7) is 8.81. The third kappa shape index (κ3) is 2.88. The van der Waals surface area contributed by atoms with Crippen LogP contribution in [0.4, 0.5) is 0 Å². The van der Waals surface area contributed by atoms with Gasteiger partial charge in [0.1, 0.15) is 6.33 Å². The molecule has 0 spiro atoms. The van der Waals surface area contributed by atoms with Gasteiger partial charge in [0.2, 0.25) is 0 Å². The van der Waals surface area contributed by atoms with Crippen molar-refractivity contribution in [3.63, 3.8) is 0 Å². The molecule has 0 aromatic carbocycles. The zero-order valence-electron chi connectivity index (χ0n) is 11.6. The molecule has 1 fully saturated rings. The summed E-state index contributed by atoms with van der Waals surface area (Å²) in [5, 5.41) is 4.66. The van der Waals surface area contributed by atoms with Crippen LogP contribution in [0.1, 0.15) is 71.7 Å². The number of rotatable bonds is 2. The van der Waals surface area contributed by atoms with E-state index in [9.17, 15) is 0 Å². The molecule has 3 heteroatoms. The van der Waals surface area contributed by atoms with Gasteiger partial charge >= 0.3 is 0 Å². The third-order valence-corrected chi connectivity index (χ3v) is 3.95. The van der Waals surface area contributed by atoms with Crippen molar-refractivity contribution in [1.82, 2.24) is 14.8 Å². The molecule has 96 valence electrons. The van der Waals surface area contributed by atoms with Gasteiger partial charge in [-0.2, -0.15) is 5.10 Å². The van der Waals surface area contributed by atoms with Crippen LogP contribution in [-0.4, -0.2) is 14.8 Å². The van der Waals surface area contributed by atoms with Crippen LogP contribution >= 0.6 is 0 Å². The van der Waals surface area contributed by atoms with Crippen molar-refractivity contribution in [3.8, 4) is 0 Å². The van der Waals surface area contributed by atoms with Crippen LogP contribution in [-0.2, 0) is 5.41 Å². The molecule has 1 aliphatic rings. The second-order valence-corrected chi connectivity index (χ2v) is 6.38. The van der Waals surface area contributed by atoms with Crippen molar-refractivity contribution in [3.05, 3.63) is 12.2 Å². The highest BCUT2D eigenvalue weighted by Crippen LogP contribution is 2.33. The lowest BCUT2D eigenvalue weighted by molar-refractivity contribution is 0.254. The zero-order valence-corrected chi connectivity index (χ0v) is 11.6. The Morgan fingerprint density at radius 1 is 1.24 bits per heavy atom. The first-order valence-corrected chi connectivity index (χ1v) is 6.92. The molecule has 0 unspecified atom stereocenters. The highest BCUT2D eigenvalue weighted by Gasteiger charge is 2.24. The average Bonchev–Trinajstić information content (AvgIpc) is 2.78. The predicted octanol–water partition coefficient (Wildman–Crippen LogP) is 3.72. The molecule has 0 amide bonds. The first kappa shape index (κ1) is 12.6. The Bertz CT molecular complexity index is 354. The first-order valence-electron chi connectivity index (χ1n) is 6.92. The second kappa shape index (κ2) is 4.79. The van der Waals surface area contributed by atoms with Crippen LogP contribution in [0.5, 0.6) is 0 Å². The normalized spacial score (nSPS) is 26.1.